The van der Waals surface area contributed by atoms with Crippen molar-refractivity contribution in [3.8, 4) is 0 Å². The standard InChI is InChI=1S/C15H19F2NO3/c1-3-14(4-2,13(20)21)10-18-12(19)15(16,17)11-8-6-5-7-9-11/h5-9H,3-4,10H2,1-2H3,(H,18,19)(H,20,21). The fraction of sp³-hybridized carbons (Fsp3) is 0.467. The molecule has 0 saturated carbocycles. The summed E-state index contributed by atoms with van der Waals surface area (Å²) >= 11 is 0. The van der Waals surface area contributed by atoms with E-state index in [2.05, 4.69) is 5.32 Å². The highest BCUT2D eigenvalue weighted by Crippen LogP contribution is 2.30. The Balaban J connectivity index is 2.84. The van der Waals surface area contributed by atoms with Crippen molar-refractivity contribution in [1.82, 2.24) is 5.32 Å². The Kier molecular flexibility index (Phi) is 5.41. The zero-order valence-electron chi connectivity index (χ0n) is 12.0. The highest BCUT2D eigenvalue weighted by Gasteiger charge is 2.43. The van der Waals surface area contributed by atoms with Gasteiger partial charge in [0.1, 0.15) is 0 Å². The van der Waals surface area contributed by atoms with Crippen molar-refractivity contribution in [3.63, 3.8) is 0 Å². The highest BCUT2D eigenvalue weighted by atomic mass is 19.3. The summed E-state index contributed by atoms with van der Waals surface area (Å²) in [5.41, 5.74) is -1.64. The summed E-state index contributed by atoms with van der Waals surface area (Å²) in [6.07, 6.45) is 0.492. The minimum atomic E-state index is -3.69. The minimum Gasteiger partial charge on any atom is -0.481 e. The van der Waals surface area contributed by atoms with Crippen LogP contribution in [-0.2, 0) is 15.5 Å². The van der Waals surface area contributed by atoms with Crippen LogP contribution < -0.4 is 5.32 Å². The van der Waals surface area contributed by atoms with Gasteiger partial charge in [-0.05, 0) is 12.8 Å². The van der Waals surface area contributed by atoms with Crippen molar-refractivity contribution in [3.05, 3.63) is 35.9 Å². The van der Waals surface area contributed by atoms with Crippen LogP contribution in [0.1, 0.15) is 32.3 Å². The van der Waals surface area contributed by atoms with E-state index in [4.69, 9.17) is 0 Å². The van der Waals surface area contributed by atoms with Crippen LogP contribution in [0.15, 0.2) is 30.3 Å². The van der Waals surface area contributed by atoms with E-state index in [1.807, 2.05) is 0 Å². The van der Waals surface area contributed by atoms with Crippen molar-refractivity contribution >= 4 is 11.9 Å². The van der Waals surface area contributed by atoms with E-state index in [0.29, 0.717) is 0 Å². The SMILES string of the molecule is CCC(CC)(CNC(=O)C(F)(F)c1ccccc1)C(=O)O. The van der Waals surface area contributed by atoms with E-state index in [9.17, 15) is 23.5 Å². The molecule has 0 fully saturated rings. The lowest BCUT2D eigenvalue weighted by molar-refractivity contribution is -0.152. The Hall–Kier alpha value is -1.98. The maximum Gasteiger partial charge on any atom is 0.349 e. The van der Waals surface area contributed by atoms with Gasteiger partial charge in [0.25, 0.3) is 5.91 Å². The first kappa shape index (κ1) is 17.1. The monoisotopic (exact) mass is 299 g/mol. The molecule has 0 aromatic heterocycles. The lowest BCUT2D eigenvalue weighted by Gasteiger charge is -2.28. The summed E-state index contributed by atoms with van der Waals surface area (Å²) in [5.74, 6) is -6.27. The lowest BCUT2D eigenvalue weighted by Crippen LogP contribution is -2.46. The molecule has 116 valence electrons. The number of hydrogen-bond donors (Lipinski definition) is 2. The van der Waals surface area contributed by atoms with Crippen LogP contribution in [0, 0.1) is 5.41 Å². The summed E-state index contributed by atoms with van der Waals surface area (Å²) in [5, 5.41) is 11.3. The molecule has 4 nitrogen and oxygen atoms in total. The Bertz CT molecular complexity index is 499. The predicted octanol–water partition coefficient (Wildman–Crippen LogP) is 2.79. The summed E-state index contributed by atoms with van der Waals surface area (Å²) in [6.45, 7) is 2.98. The fourth-order valence-corrected chi connectivity index (χ4v) is 2.02. The predicted molar refractivity (Wildman–Crippen MR) is 74.0 cm³/mol. The maximum absolute atomic E-state index is 14.0. The second-order valence-corrected chi connectivity index (χ2v) is 4.92. The van der Waals surface area contributed by atoms with Crippen LogP contribution in [0.25, 0.3) is 0 Å². The van der Waals surface area contributed by atoms with Gasteiger partial charge in [0.05, 0.1) is 5.41 Å². The number of carboxylic acid groups (broad SMARTS) is 1. The van der Waals surface area contributed by atoms with E-state index in [0.717, 1.165) is 12.1 Å². The molecule has 1 aromatic rings. The molecule has 6 heteroatoms. The molecule has 1 rings (SSSR count). The summed E-state index contributed by atoms with van der Waals surface area (Å²) in [4.78, 5) is 23.0. The summed E-state index contributed by atoms with van der Waals surface area (Å²) < 4.78 is 27.9. The van der Waals surface area contributed by atoms with Crippen LogP contribution in [0.2, 0.25) is 0 Å². The van der Waals surface area contributed by atoms with Crippen molar-refractivity contribution in [2.75, 3.05) is 6.54 Å². The molecule has 2 N–H and O–H groups in total. The number of benzene rings is 1. The smallest absolute Gasteiger partial charge is 0.349 e. The molecule has 0 aliphatic carbocycles. The van der Waals surface area contributed by atoms with Gasteiger partial charge < -0.3 is 10.4 Å². The van der Waals surface area contributed by atoms with Crippen molar-refractivity contribution < 1.29 is 23.5 Å². The van der Waals surface area contributed by atoms with Gasteiger partial charge in [-0.2, -0.15) is 8.78 Å². The molecule has 0 radical (unpaired) electrons. The molecule has 0 bridgehead atoms. The number of halogens is 2. The molecule has 1 aromatic carbocycles. The van der Waals surface area contributed by atoms with Gasteiger partial charge >= 0.3 is 11.9 Å². The van der Waals surface area contributed by atoms with Gasteiger partial charge in [-0.3, -0.25) is 9.59 Å². The molecule has 0 unspecified atom stereocenters. The minimum absolute atomic E-state index is 0.246. The van der Waals surface area contributed by atoms with Gasteiger partial charge in [0.15, 0.2) is 0 Å². The number of carbonyl (C=O) groups excluding carboxylic acids is 1. The van der Waals surface area contributed by atoms with E-state index in [-0.39, 0.29) is 19.4 Å². The number of amides is 1. The zero-order valence-corrected chi connectivity index (χ0v) is 12.0. The molecular weight excluding hydrogens is 280 g/mol. The average molecular weight is 299 g/mol. The normalized spacial score (nSPS) is 12.0. The van der Waals surface area contributed by atoms with E-state index < -0.39 is 28.8 Å². The number of aliphatic carboxylic acids is 1. The number of alkyl halides is 2. The van der Waals surface area contributed by atoms with Crippen molar-refractivity contribution in [2.24, 2.45) is 5.41 Å². The van der Waals surface area contributed by atoms with Crippen molar-refractivity contribution in [1.29, 1.82) is 0 Å². The van der Waals surface area contributed by atoms with Gasteiger partial charge in [0, 0.05) is 12.1 Å². The summed E-state index contributed by atoms with van der Waals surface area (Å²) in [6, 6.07) is 6.71. The van der Waals surface area contributed by atoms with Crippen molar-refractivity contribution in [2.45, 2.75) is 32.6 Å². The largest absolute Gasteiger partial charge is 0.481 e. The second kappa shape index (κ2) is 6.65. The Morgan fingerprint density at radius 3 is 2.10 bits per heavy atom. The molecule has 0 atom stereocenters. The molecule has 0 aliphatic heterocycles. The zero-order chi connectivity index (χ0) is 16.1. The molecule has 0 saturated heterocycles. The lowest BCUT2D eigenvalue weighted by atomic mass is 9.82. The number of rotatable bonds is 7. The average Bonchev–Trinajstić information content (AvgIpc) is 2.49. The van der Waals surface area contributed by atoms with E-state index in [1.165, 1.54) is 12.1 Å². The first-order valence-corrected chi connectivity index (χ1v) is 6.75. The fourth-order valence-electron chi connectivity index (χ4n) is 2.02. The van der Waals surface area contributed by atoms with Gasteiger partial charge in [0.2, 0.25) is 0 Å². The van der Waals surface area contributed by atoms with Gasteiger partial charge in [-0.25, -0.2) is 0 Å². The maximum atomic E-state index is 14.0. The number of carboxylic acids is 1. The molecular formula is C15H19F2NO3. The second-order valence-electron chi connectivity index (χ2n) is 4.92. The molecule has 0 heterocycles. The third-order valence-electron chi connectivity index (χ3n) is 3.82. The Morgan fingerprint density at radius 2 is 1.67 bits per heavy atom. The summed E-state index contributed by atoms with van der Waals surface area (Å²) in [7, 11) is 0. The molecule has 0 aliphatic rings. The van der Waals surface area contributed by atoms with Crippen LogP contribution >= 0.6 is 0 Å². The van der Waals surface area contributed by atoms with E-state index >= 15 is 0 Å². The van der Waals surface area contributed by atoms with Crippen LogP contribution in [-0.4, -0.2) is 23.5 Å². The van der Waals surface area contributed by atoms with Gasteiger partial charge in [-0.1, -0.05) is 44.2 Å². The quantitative estimate of drug-likeness (QED) is 0.813. The van der Waals surface area contributed by atoms with Crippen LogP contribution in [0.4, 0.5) is 8.78 Å². The van der Waals surface area contributed by atoms with E-state index in [1.54, 1.807) is 19.9 Å². The molecule has 0 spiro atoms. The highest BCUT2D eigenvalue weighted by molar-refractivity contribution is 5.85. The third-order valence-corrected chi connectivity index (χ3v) is 3.82. The van der Waals surface area contributed by atoms with Crippen LogP contribution in [0.5, 0.6) is 0 Å². The number of carbonyl (C=O) groups is 2. The van der Waals surface area contributed by atoms with Gasteiger partial charge in [-0.15, -0.1) is 0 Å². The Morgan fingerprint density at radius 1 is 1.14 bits per heavy atom. The number of hydrogen-bond acceptors (Lipinski definition) is 2. The first-order valence-electron chi connectivity index (χ1n) is 6.75. The third kappa shape index (κ3) is 3.56. The number of nitrogens with one attached hydrogen (secondary N) is 1. The topological polar surface area (TPSA) is 66.4 Å². The first-order chi connectivity index (χ1) is 9.80. The molecule has 21 heavy (non-hydrogen) atoms. The molecule has 1 amide bonds. The Labute approximate surface area is 122 Å². The van der Waals surface area contributed by atoms with Crippen LogP contribution in [0.3, 0.4) is 0 Å².